The van der Waals surface area contributed by atoms with Crippen molar-refractivity contribution in [2.24, 2.45) is 0 Å². The molecule has 0 saturated carbocycles. The number of amides is 2. The molecule has 0 N–H and O–H groups in total. The summed E-state index contributed by atoms with van der Waals surface area (Å²) in [5.41, 5.74) is -0.119. The Hall–Kier alpha value is -2.14. The predicted octanol–water partition coefficient (Wildman–Crippen LogP) is 1.95. The van der Waals surface area contributed by atoms with Crippen molar-refractivity contribution in [3.63, 3.8) is 0 Å². The van der Waals surface area contributed by atoms with E-state index in [1.165, 1.54) is 34.3 Å². The van der Waals surface area contributed by atoms with E-state index in [0.717, 1.165) is 6.07 Å². The van der Waals surface area contributed by atoms with Gasteiger partial charge in [-0.2, -0.15) is 17.5 Å². The van der Waals surface area contributed by atoms with E-state index in [1.54, 1.807) is 6.92 Å². The Morgan fingerprint density at radius 3 is 2.28 bits per heavy atom. The van der Waals surface area contributed by atoms with Crippen LogP contribution in [0, 0.1) is 0 Å². The average Bonchev–Trinajstić information content (AvgIpc) is 2.66. The number of benzene rings is 1. The Morgan fingerprint density at radius 1 is 1.14 bits per heavy atom. The van der Waals surface area contributed by atoms with Crippen LogP contribution in [0.1, 0.15) is 30.6 Å². The van der Waals surface area contributed by atoms with Gasteiger partial charge in [0, 0.05) is 45.2 Å². The molecule has 0 aliphatic carbocycles. The minimum atomic E-state index is -4.55. The molecule has 0 spiro atoms. The first-order chi connectivity index (χ1) is 13.5. The second-order valence-corrected chi connectivity index (χ2v) is 8.72. The molecule has 1 heterocycles. The Balaban J connectivity index is 2.23. The van der Waals surface area contributed by atoms with E-state index in [-0.39, 0.29) is 49.1 Å². The number of piperazine rings is 1. The summed E-state index contributed by atoms with van der Waals surface area (Å²) in [5, 5.41) is 0. The van der Waals surface area contributed by atoms with Crippen LogP contribution in [0.3, 0.4) is 0 Å². The number of sulfonamides is 1. The van der Waals surface area contributed by atoms with Crippen molar-refractivity contribution >= 4 is 21.8 Å². The molecule has 1 fully saturated rings. The van der Waals surface area contributed by atoms with E-state index in [4.69, 9.17) is 0 Å². The van der Waals surface area contributed by atoms with Crippen LogP contribution >= 0.6 is 0 Å². The normalized spacial score (nSPS) is 16.0. The van der Waals surface area contributed by atoms with Gasteiger partial charge in [0.15, 0.2) is 0 Å². The summed E-state index contributed by atoms with van der Waals surface area (Å²) < 4.78 is 65.3. The van der Waals surface area contributed by atoms with Crippen molar-refractivity contribution in [2.45, 2.75) is 31.3 Å². The third kappa shape index (κ3) is 5.92. The molecule has 0 aromatic heterocycles. The zero-order chi connectivity index (χ0) is 21.8. The molecule has 2 amide bonds. The van der Waals surface area contributed by atoms with Gasteiger partial charge in [-0.05, 0) is 24.6 Å². The van der Waals surface area contributed by atoms with E-state index in [2.05, 4.69) is 0 Å². The third-order valence-corrected chi connectivity index (χ3v) is 6.45. The Bertz CT molecular complexity index is 850. The molecule has 1 aromatic carbocycles. The van der Waals surface area contributed by atoms with Gasteiger partial charge in [-0.15, -0.1) is 0 Å². The number of alkyl halides is 3. The van der Waals surface area contributed by atoms with Gasteiger partial charge in [-0.1, -0.05) is 13.0 Å². The lowest BCUT2D eigenvalue weighted by molar-refractivity contribution is -0.140. The van der Waals surface area contributed by atoms with Crippen molar-refractivity contribution in [3.8, 4) is 0 Å². The molecule has 11 heteroatoms. The lowest BCUT2D eigenvalue weighted by Gasteiger charge is -2.33. The highest BCUT2D eigenvalue weighted by Gasteiger charge is 2.34. The lowest BCUT2D eigenvalue weighted by Crippen LogP contribution is -2.49. The Morgan fingerprint density at radius 2 is 1.76 bits per heavy atom. The van der Waals surface area contributed by atoms with E-state index >= 15 is 0 Å². The zero-order valence-electron chi connectivity index (χ0n) is 16.3. The number of halogens is 3. The summed E-state index contributed by atoms with van der Waals surface area (Å²) in [6.07, 6.45) is -4.22. The molecular formula is C18H24F3N3O4S. The summed E-state index contributed by atoms with van der Waals surface area (Å²) in [6, 6.07) is 5.04. The average molecular weight is 435 g/mol. The molecule has 1 aromatic rings. The number of nitrogens with zero attached hydrogens (tertiary/aromatic N) is 3. The van der Waals surface area contributed by atoms with Crippen LogP contribution in [0.15, 0.2) is 29.2 Å². The van der Waals surface area contributed by atoms with Crippen molar-refractivity contribution < 1.29 is 31.2 Å². The summed E-state index contributed by atoms with van der Waals surface area (Å²) in [4.78, 5) is 26.0. The number of carbonyl (C=O) groups is 2. The van der Waals surface area contributed by atoms with Gasteiger partial charge in [0.1, 0.15) is 6.54 Å². The van der Waals surface area contributed by atoms with Crippen LogP contribution in [0.2, 0.25) is 0 Å². The van der Waals surface area contributed by atoms with Crippen LogP contribution in [0.25, 0.3) is 0 Å². The smallest absolute Gasteiger partial charge is 0.340 e. The van der Waals surface area contributed by atoms with Crippen molar-refractivity contribution in [2.75, 3.05) is 39.3 Å². The first-order valence-electron chi connectivity index (χ1n) is 9.17. The quantitative estimate of drug-likeness (QED) is 0.684. The summed E-state index contributed by atoms with van der Waals surface area (Å²) in [7, 11) is -3.94. The van der Waals surface area contributed by atoms with Crippen molar-refractivity contribution in [1.82, 2.24) is 14.1 Å². The van der Waals surface area contributed by atoms with E-state index in [1.807, 2.05) is 0 Å². The lowest BCUT2D eigenvalue weighted by atomic mass is 10.2. The standard InChI is InChI=1S/C18H24F3N3O4S/c1-3-7-23(13-18(19,20)21)17(26)15-5-4-6-16(12-15)29(27,28)24-10-8-22(9-11-24)14(2)25/h4-6,12H,3,7-11,13H2,1-2H3. The number of rotatable bonds is 6. The first-order valence-corrected chi connectivity index (χ1v) is 10.6. The van der Waals surface area contributed by atoms with Crippen LogP contribution < -0.4 is 0 Å². The maximum absolute atomic E-state index is 12.9. The zero-order valence-corrected chi connectivity index (χ0v) is 17.1. The molecule has 1 aliphatic heterocycles. The maximum atomic E-state index is 12.9. The fourth-order valence-corrected chi connectivity index (χ4v) is 4.57. The molecule has 0 unspecified atom stereocenters. The van der Waals surface area contributed by atoms with E-state index in [0.29, 0.717) is 11.3 Å². The summed E-state index contributed by atoms with van der Waals surface area (Å²) >= 11 is 0. The van der Waals surface area contributed by atoms with Crippen molar-refractivity contribution in [1.29, 1.82) is 0 Å². The largest absolute Gasteiger partial charge is 0.406 e. The molecule has 0 radical (unpaired) electrons. The van der Waals surface area contributed by atoms with E-state index < -0.39 is 28.7 Å². The minimum Gasteiger partial charge on any atom is -0.340 e. The molecule has 0 atom stereocenters. The van der Waals surface area contributed by atoms with Gasteiger partial charge in [-0.3, -0.25) is 9.59 Å². The monoisotopic (exact) mass is 435 g/mol. The van der Waals surface area contributed by atoms with Gasteiger partial charge >= 0.3 is 6.18 Å². The predicted molar refractivity (Wildman–Crippen MR) is 99.7 cm³/mol. The highest BCUT2D eigenvalue weighted by molar-refractivity contribution is 7.89. The van der Waals surface area contributed by atoms with Crippen LogP contribution in [0.4, 0.5) is 13.2 Å². The van der Waals surface area contributed by atoms with E-state index in [9.17, 15) is 31.2 Å². The first kappa shape index (κ1) is 23.1. The molecule has 7 nitrogen and oxygen atoms in total. The molecule has 1 aliphatic rings. The molecular weight excluding hydrogens is 411 g/mol. The molecule has 162 valence electrons. The highest BCUT2D eigenvalue weighted by atomic mass is 32.2. The number of hydrogen-bond donors (Lipinski definition) is 0. The van der Waals surface area contributed by atoms with Crippen LogP contribution in [0.5, 0.6) is 0 Å². The second-order valence-electron chi connectivity index (χ2n) is 6.78. The summed E-state index contributed by atoms with van der Waals surface area (Å²) in [6.45, 7) is 2.28. The van der Waals surface area contributed by atoms with Gasteiger partial charge in [0.05, 0.1) is 4.90 Å². The van der Waals surface area contributed by atoms with Crippen LogP contribution in [-0.2, 0) is 14.8 Å². The fourth-order valence-electron chi connectivity index (χ4n) is 3.10. The maximum Gasteiger partial charge on any atom is 0.406 e. The molecule has 29 heavy (non-hydrogen) atoms. The van der Waals surface area contributed by atoms with Gasteiger partial charge in [0.2, 0.25) is 15.9 Å². The topological polar surface area (TPSA) is 78.0 Å². The van der Waals surface area contributed by atoms with Crippen LogP contribution in [-0.4, -0.2) is 79.8 Å². The van der Waals surface area contributed by atoms with Crippen molar-refractivity contribution in [3.05, 3.63) is 29.8 Å². The SMILES string of the molecule is CCCN(CC(F)(F)F)C(=O)c1cccc(S(=O)(=O)N2CCN(C(C)=O)CC2)c1. The van der Waals surface area contributed by atoms with Gasteiger partial charge < -0.3 is 9.80 Å². The number of carbonyl (C=O) groups excluding carboxylic acids is 2. The van der Waals surface area contributed by atoms with Gasteiger partial charge in [-0.25, -0.2) is 8.42 Å². The summed E-state index contributed by atoms with van der Waals surface area (Å²) in [5.74, 6) is -1.02. The molecule has 2 rings (SSSR count). The molecule has 1 saturated heterocycles. The Kier molecular flexibility index (Phi) is 7.28. The highest BCUT2D eigenvalue weighted by Crippen LogP contribution is 2.22. The van der Waals surface area contributed by atoms with Gasteiger partial charge in [0.25, 0.3) is 5.91 Å². The second kappa shape index (κ2) is 9.12. The molecule has 0 bridgehead atoms. The minimum absolute atomic E-state index is 0.0949. The Labute approximate surface area is 168 Å². The fraction of sp³-hybridized carbons (Fsp3) is 0.556. The number of hydrogen-bond acceptors (Lipinski definition) is 4. The third-order valence-electron chi connectivity index (χ3n) is 4.55.